The summed E-state index contributed by atoms with van der Waals surface area (Å²) in [5.74, 6) is 0.874. The van der Waals surface area contributed by atoms with E-state index in [1.165, 1.54) is 0 Å². The van der Waals surface area contributed by atoms with E-state index in [2.05, 4.69) is 0 Å². The molecule has 1 saturated heterocycles. The number of hydrogen-bond donors (Lipinski definition) is 1. The van der Waals surface area contributed by atoms with Gasteiger partial charge in [0.1, 0.15) is 11.5 Å². The van der Waals surface area contributed by atoms with E-state index in [1.807, 2.05) is 0 Å². The quantitative estimate of drug-likeness (QED) is 0.555. The second-order valence-electron chi connectivity index (χ2n) is 2.98. The Bertz CT molecular complexity index is 219. The molecule has 1 aliphatic heterocycles. The van der Waals surface area contributed by atoms with Crippen molar-refractivity contribution in [1.82, 2.24) is 0 Å². The van der Waals surface area contributed by atoms with E-state index in [4.69, 9.17) is 9.84 Å². The zero-order valence-corrected chi connectivity index (χ0v) is 6.12. The van der Waals surface area contributed by atoms with Gasteiger partial charge >= 0.3 is 0 Å². The van der Waals surface area contributed by atoms with Crippen molar-refractivity contribution in [3.05, 3.63) is 11.8 Å². The predicted octanol–water partition coefficient (Wildman–Crippen LogP) is 0.588. The summed E-state index contributed by atoms with van der Waals surface area (Å²) in [6, 6.07) is 0. The van der Waals surface area contributed by atoms with Crippen LogP contribution < -0.4 is 0 Å². The molecule has 0 saturated carbocycles. The number of rotatable bonds is 0. The predicted molar refractivity (Wildman–Crippen MR) is 37.5 cm³/mol. The first kappa shape index (κ1) is 6.85. The fraction of sp³-hybridized carbons (Fsp3) is 0.625. The van der Waals surface area contributed by atoms with Crippen LogP contribution in [-0.2, 0) is 9.53 Å². The van der Waals surface area contributed by atoms with E-state index >= 15 is 0 Å². The van der Waals surface area contributed by atoms with Crippen molar-refractivity contribution in [3.63, 3.8) is 0 Å². The molecule has 1 heterocycles. The fourth-order valence-electron chi connectivity index (χ4n) is 1.60. The van der Waals surface area contributed by atoms with Crippen LogP contribution in [0.25, 0.3) is 0 Å². The number of hydrogen-bond acceptors (Lipinski definition) is 3. The van der Waals surface area contributed by atoms with Gasteiger partial charge in [0.05, 0.1) is 5.92 Å². The second-order valence-corrected chi connectivity index (χ2v) is 2.98. The van der Waals surface area contributed by atoms with Gasteiger partial charge in [0, 0.05) is 12.8 Å². The van der Waals surface area contributed by atoms with Gasteiger partial charge in [-0.2, -0.15) is 0 Å². The van der Waals surface area contributed by atoms with Gasteiger partial charge in [-0.05, 0) is 12.5 Å². The Balaban J connectivity index is 2.15. The number of fused-ring (bicyclic) bond motifs is 1. The molecular formula is C8H10O3. The summed E-state index contributed by atoms with van der Waals surface area (Å²) >= 11 is 0. The molecule has 2 aliphatic rings. The summed E-state index contributed by atoms with van der Waals surface area (Å²) in [6.07, 6.45) is 2.88. The van der Waals surface area contributed by atoms with Crippen molar-refractivity contribution in [2.75, 3.05) is 0 Å². The third-order valence-corrected chi connectivity index (χ3v) is 2.21. The van der Waals surface area contributed by atoms with Crippen LogP contribution in [-0.4, -0.2) is 17.2 Å². The number of carbonyl (C=O) groups excluding carboxylic acids is 1. The van der Waals surface area contributed by atoms with Crippen molar-refractivity contribution in [2.45, 2.75) is 25.6 Å². The van der Waals surface area contributed by atoms with Crippen molar-refractivity contribution in [3.8, 4) is 0 Å². The second kappa shape index (κ2) is 2.34. The molecule has 0 aromatic carbocycles. The zero-order chi connectivity index (χ0) is 7.84. The van der Waals surface area contributed by atoms with E-state index in [9.17, 15) is 4.79 Å². The van der Waals surface area contributed by atoms with E-state index in [1.54, 1.807) is 6.08 Å². The molecule has 0 aromatic rings. The van der Waals surface area contributed by atoms with Gasteiger partial charge in [0.15, 0.2) is 6.29 Å². The van der Waals surface area contributed by atoms with Gasteiger partial charge in [-0.3, -0.25) is 4.79 Å². The molecular weight excluding hydrogens is 144 g/mol. The Morgan fingerprint density at radius 1 is 1.55 bits per heavy atom. The minimum Gasteiger partial charge on any atom is -0.469 e. The smallest absolute Gasteiger partial charge is 0.196 e. The van der Waals surface area contributed by atoms with Crippen LogP contribution >= 0.6 is 0 Å². The van der Waals surface area contributed by atoms with E-state index in [-0.39, 0.29) is 11.7 Å². The van der Waals surface area contributed by atoms with Crippen molar-refractivity contribution >= 4 is 5.78 Å². The van der Waals surface area contributed by atoms with E-state index in [0.717, 1.165) is 6.42 Å². The van der Waals surface area contributed by atoms with Crippen LogP contribution in [0.2, 0.25) is 0 Å². The summed E-state index contributed by atoms with van der Waals surface area (Å²) in [5.41, 5.74) is 0. The zero-order valence-electron chi connectivity index (χ0n) is 6.12. The molecule has 2 rings (SSSR count). The number of ether oxygens (including phenoxy) is 1. The largest absolute Gasteiger partial charge is 0.469 e. The Kier molecular flexibility index (Phi) is 1.46. The molecule has 2 atom stereocenters. The topological polar surface area (TPSA) is 46.5 Å². The first-order valence-corrected chi connectivity index (χ1v) is 3.85. The Hall–Kier alpha value is -0.830. The first-order valence-electron chi connectivity index (χ1n) is 3.85. The lowest BCUT2D eigenvalue weighted by Gasteiger charge is -2.24. The van der Waals surface area contributed by atoms with Crippen LogP contribution in [0.1, 0.15) is 19.3 Å². The lowest BCUT2D eigenvalue weighted by atomic mass is 9.98. The molecule has 3 heteroatoms. The third-order valence-electron chi connectivity index (χ3n) is 2.21. The molecule has 0 spiro atoms. The number of carbonyl (C=O) groups is 1. The van der Waals surface area contributed by atoms with Crippen LogP contribution in [0.4, 0.5) is 0 Å². The lowest BCUT2D eigenvalue weighted by Crippen LogP contribution is -2.25. The van der Waals surface area contributed by atoms with Gasteiger partial charge < -0.3 is 9.84 Å². The molecule has 0 aromatic heterocycles. The molecule has 60 valence electrons. The normalized spacial score (nSPS) is 36.1. The van der Waals surface area contributed by atoms with Crippen LogP contribution in [0.3, 0.4) is 0 Å². The maximum atomic E-state index is 11.1. The summed E-state index contributed by atoms with van der Waals surface area (Å²) in [7, 11) is 0. The van der Waals surface area contributed by atoms with Gasteiger partial charge in [0.25, 0.3) is 0 Å². The highest BCUT2D eigenvalue weighted by Crippen LogP contribution is 2.33. The van der Waals surface area contributed by atoms with Gasteiger partial charge in [-0.1, -0.05) is 0 Å². The molecule has 0 radical (unpaired) electrons. The van der Waals surface area contributed by atoms with Crippen molar-refractivity contribution in [2.24, 2.45) is 5.92 Å². The van der Waals surface area contributed by atoms with Crippen molar-refractivity contribution in [1.29, 1.82) is 0 Å². The Labute approximate surface area is 64.7 Å². The molecule has 1 N–H and O–H groups in total. The highest BCUT2D eigenvalue weighted by Gasteiger charge is 2.34. The maximum Gasteiger partial charge on any atom is 0.196 e. The highest BCUT2D eigenvalue weighted by molar-refractivity contribution is 5.87. The lowest BCUT2D eigenvalue weighted by molar-refractivity contribution is -0.130. The molecule has 2 unspecified atom stereocenters. The monoisotopic (exact) mass is 154 g/mol. The molecule has 1 fully saturated rings. The third kappa shape index (κ3) is 1.05. The summed E-state index contributed by atoms with van der Waals surface area (Å²) in [4.78, 5) is 11.1. The number of Topliss-reactive ketones (excluding diaryl/α,β-unsaturated/α-hetero) is 1. The summed E-state index contributed by atoms with van der Waals surface area (Å²) in [5, 5.41) is 9.07. The average Bonchev–Trinajstić information content (AvgIpc) is 2.32. The Morgan fingerprint density at radius 2 is 2.36 bits per heavy atom. The number of allylic oxidation sites excluding steroid dienone is 2. The first-order chi connectivity index (χ1) is 5.27. The summed E-state index contributed by atoms with van der Waals surface area (Å²) < 4.78 is 5.08. The molecule has 3 nitrogen and oxygen atoms in total. The summed E-state index contributed by atoms with van der Waals surface area (Å²) in [6.45, 7) is 0. The minimum absolute atomic E-state index is 0.0431. The van der Waals surface area contributed by atoms with Gasteiger partial charge in [-0.25, -0.2) is 0 Å². The fourth-order valence-corrected chi connectivity index (χ4v) is 1.60. The van der Waals surface area contributed by atoms with E-state index in [0.29, 0.717) is 18.6 Å². The van der Waals surface area contributed by atoms with E-state index < -0.39 is 6.29 Å². The standard InChI is InChI=1S/C8H10O3/c9-6-2-3-7-5(6)1-4-8(10)11-7/h3,5,8,10H,1-2,4H2. The molecule has 1 aliphatic carbocycles. The van der Waals surface area contributed by atoms with Crippen LogP contribution in [0.5, 0.6) is 0 Å². The van der Waals surface area contributed by atoms with Gasteiger partial charge in [0.2, 0.25) is 0 Å². The van der Waals surface area contributed by atoms with Crippen LogP contribution in [0.15, 0.2) is 11.8 Å². The number of aliphatic hydroxyl groups is 1. The molecule has 0 bridgehead atoms. The number of aliphatic hydroxyl groups excluding tert-OH is 1. The number of ketones is 1. The van der Waals surface area contributed by atoms with Crippen molar-refractivity contribution < 1.29 is 14.6 Å². The molecule has 11 heavy (non-hydrogen) atoms. The SMILES string of the molecule is O=C1CC=C2OC(O)CCC12. The molecule has 0 amide bonds. The van der Waals surface area contributed by atoms with Gasteiger partial charge in [-0.15, -0.1) is 0 Å². The highest BCUT2D eigenvalue weighted by atomic mass is 16.6. The van der Waals surface area contributed by atoms with Crippen LogP contribution in [0, 0.1) is 5.92 Å². The Morgan fingerprint density at radius 3 is 3.18 bits per heavy atom. The maximum absolute atomic E-state index is 11.1. The minimum atomic E-state index is -0.691. The average molecular weight is 154 g/mol.